The van der Waals surface area contributed by atoms with Crippen LogP contribution < -0.4 is 0 Å². The van der Waals surface area contributed by atoms with Gasteiger partial charge in [-0.2, -0.15) is 0 Å². The zero-order chi connectivity index (χ0) is 14.0. The Hall–Kier alpha value is -0.390. The number of carbonyl (C=O) groups excluding carboxylic acids is 1. The van der Waals surface area contributed by atoms with E-state index in [0.29, 0.717) is 6.04 Å². The maximum absolute atomic E-state index is 12.5. The van der Waals surface area contributed by atoms with Crippen molar-refractivity contribution in [2.45, 2.75) is 19.4 Å². The van der Waals surface area contributed by atoms with Crippen LogP contribution in [-0.4, -0.2) is 48.4 Å². The minimum atomic E-state index is 0.119. The second-order valence-corrected chi connectivity index (χ2v) is 6.78. The summed E-state index contributed by atoms with van der Waals surface area (Å²) in [5, 5.41) is 0. The smallest absolute Gasteiger partial charge is 0.254 e. The van der Waals surface area contributed by atoms with E-state index in [0.717, 1.165) is 40.6 Å². The molecule has 2 rings (SSSR count). The summed E-state index contributed by atoms with van der Waals surface area (Å²) >= 11 is 6.86. The second-order valence-electron chi connectivity index (χ2n) is 4.95. The van der Waals surface area contributed by atoms with Gasteiger partial charge < -0.3 is 4.90 Å². The van der Waals surface area contributed by atoms with Gasteiger partial charge >= 0.3 is 0 Å². The Balaban J connectivity index is 2.15. The van der Waals surface area contributed by atoms with Crippen molar-refractivity contribution < 1.29 is 4.79 Å². The molecular weight excluding hydrogens is 372 g/mol. The number of benzene rings is 1. The van der Waals surface area contributed by atoms with Crippen LogP contribution in [0.2, 0.25) is 0 Å². The summed E-state index contributed by atoms with van der Waals surface area (Å²) in [6, 6.07) is 6.17. The summed E-state index contributed by atoms with van der Waals surface area (Å²) < 4.78 is 1.85. The van der Waals surface area contributed by atoms with Gasteiger partial charge in [-0.1, -0.05) is 38.8 Å². The fourth-order valence-corrected chi connectivity index (χ4v) is 3.72. The molecule has 1 fully saturated rings. The van der Waals surface area contributed by atoms with Crippen LogP contribution in [0, 0.1) is 0 Å². The van der Waals surface area contributed by atoms with Gasteiger partial charge in [-0.05, 0) is 31.7 Å². The van der Waals surface area contributed by atoms with Crippen LogP contribution in [0.3, 0.4) is 0 Å². The van der Waals surface area contributed by atoms with Crippen LogP contribution in [0.1, 0.15) is 23.7 Å². The molecule has 1 atom stereocenters. The highest BCUT2D eigenvalue weighted by atomic mass is 79.9. The number of rotatable bonds is 2. The molecule has 0 aromatic heterocycles. The van der Waals surface area contributed by atoms with Crippen molar-refractivity contribution in [3.05, 3.63) is 32.7 Å². The van der Waals surface area contributed by atoms with Crippen LogP contribution in [0.5, 0.6) is 0 Å². The average Bonchev–Trinajstić information content (AvgIpc) is 2.37. The summed E-state index contributed by atoms with van der Waals surface area (Å²) in [7, 11) is 2.13. The molecule has 0 saturated carbocycles. The maximum atomic E-state index is 12.5. The van der Waals surface area contributed by atoms with Crippen molar-refractivity contribution in [1.29, 1.82) is 0 Å². The van der Waals surface area contributed by atoms with E-state index >= 15 is 0 Å². The summed E-state index contributed by atoms with van der Waals surface area (Å²) in [5.74, 6) is 0.119. The van der Waals surface area contributed by atoms with Gasteiger partial charge in [-0.15, -0.1) is 0 Å². The van der Waals surface area contributed by atoms with Crippen molar-refractivity contribution in [1.82, 2.24) is 9.80 Å². The minimum Gasteiger partial charge on any atom is -0.336 e. The fraction of sp³-hybridized carbons (Fsp3) is 0.500. The van der Waals surface area contributed by atoms with Crippen LogP contribution in [0.4, 0.5) is 0 Å². The number of likely N-dealkylation sites (N-methyl/N-ethyl adjacent to an activating group) is 1. The first-order valence-electron chi connectivity index (χ1n) is 6.47. The monoisotopic (exact) mass is 388 g/mol. The number of piperazine rings is 1. The molecule has 0 radical (unpaired) electrons. The number of halogens is 2. The molecule has 1 heterocycles. The van der Waals surface area contributed by atoms with Crippen molar-refractivity contribution in [2.24, 2.45) is 0 Å². The van der Waals surface area contributed by atoms with Gasteiger partial charge in [0.2, 0.25) is 0 Å². The normalized spacial score (nSPS) is 20.6. The van der Waals surface area contributed by atoms with Gasteiger partial charge in [0, 0.05) is 40.2 Å². The van der Waals surface area contributed by atoms with Crippen LogP contribution >= 0.6 is 31.9 Å². The van der Waals surface area contributed by atoms with Gasteiger partial charge in [0.1, 0.15) is 0 Å². The van der Waals surface area contributed by atoms with E-state index in [2.05, 4.69) is 50.7 Å². The van der Waals surface area contributed by atoms with E-state index in [1.807, 2.05) is 23.1 Å². The largest absolute Gasteiger partial charge is 0.336 e. The number of hydrogen-bond donors (Lipinski definition) is 0. The molecule has 1 saturated heterocycles. The third-order valence-electron chi connectivity index (χ3n) is 3.65. The van der Waals surface area contributed by atoms with Gasteiger partial charge in [0.15, 0.2) is 0 Å². The lowest BCUT2D eigenvalue weighted by atomic mass is 10.1. The molecule has 0 N–H and O–H groups in total. The van der Waals surface area contributed by atoms with Crippen LogP contribution in [0.15, 0.2) is 27.1 Å². The highest BCUT2D eigenvalue weighted by Gasteiger charge is 2.26. The summed E-state index contributed by atoms with van der Waals surface area (Å²) in [6.07, 6.45) is 1.07. The summed E-state index contributed by atoms with van der Waals surface area (Å²) in [6.45, 7) is 4.73. The molecular formula is C14H18Br2N2O. The molecule has 104 valence electrons. The van der Waals surface area contributed by atoms with E-state index in [9.17, 15) is 4.79 Å². The SMILES string of the molecule is CCC1CN(C(=O)c2cc(Br)cc(Br)c2)CCN1C. The highest BCUT2D eigenvalue weighted by Crippen LogP contribution is 2.22. The molecule has 3 nitrogen and oxygen atoms in total. The zero-order valence-electron chi connectivity index (χ0n) is 11.2. The summed E-state index contributed by atoms with van der Waals surface area (Å²) in [4.78, 5) is 16.8. The van der Waals surface area contributed by atoms with Gasteiger partial charge in [-0.25, -0.2) is 0 Å². The van der Waals surface area contributed by atoms with Gasteiger partial charge in [0.25, 0.3) is 5.91 Å². The Kier molecular flexibility index (Phi) is 5.03. The number of hydrogen-bond acceptors (Lipinski definition) is 2. The molecule has 1 aliphatic heterocycles. The third-order valence-corrected chi connectivity index (χ3v) is 4.56. The third kappa shape index (κ3) is 3.58. The molecule has 0 spiro atoms. The molecule has 0 aliphatic carbocycles. The quantitative estimate of drug-likeness (QED) is 0.774. The topological polar surface area (TPSA) is 23.6 Å². The predicted molar refractivity (Wildman–Crippen MR) is 84.5 cm³/mol. The number of amides is 1. The van der Waals surface area contributed by atoms with Crippen LogP contribution in [-0.2, 0) is 0 Å². The summed E-state index contributed by atoms with van der Waals surface area (Å²) in [5.41, 5.74) is 0.737. The van der Waals surface area contributed by atoms with Crippen molar-refractivity contribution in [3.63, 3.8) is 0 Å². The molecule has 1 unspecified atom stereocenters. The standard InChI is InChI=1S/C14H18Br2N2O/c1-3-13-9-18(5-4-17(13)2)14(19)10-6-11(15)8-12(16)7-10/h6-8,13H,3-5,9H2,1-2H3. The first-order chi connectivity index (χ1) is 9.01. The average molecular weight is 390 g/mol. The molecule has 1 aromatic carbocycles. The Morgan fingerprint density at radius 1 is 1.26 bits per heavy atom. The predicted octanol–water partition coefficient (Wildman–Crippen LogP) is 3.38. The van der Waals surface area contributed by atoms with E-state index in [1.54, 1.807) is 0 Å². The van der Waals surface area contributed by atoms with E-state index in [1.165, 1.54) is 0 Å². The molecule has 1 amide bonds. The van der Waals surface area contributed by atoms with Crippen LogP contribution in [0.25, 0.3) is 0 Å². The van der Waals surface area contributed by atoms with E-state index < -0.39 is 0 Å². The van der Waals surface area contributed by atoms with E-state index in [-0.39, 0.29) is 5.91 Å². The molecule has 1 aromatic rings. The number of carbonyl (C=O) groups is 1. The van der Waals surface area contributed by atoms with Gasteiger partial charge in [-0.3, -0.25) is 9.69 Å². The first kappa shape index (κ1) is 15.0. The Bertz CT molecular complexity index is 458. The fourth-order valence-electron chi connectivity index (χ4n) is 2.43. The second kappa shape index (κ2) is 6.37. The first-order valence-corrected chi connectivity index (χ1v) is 8.05. The molecule has 19 heavy (non-hydrogen) atoms. The van der Waals surface area contributed by atoms with E-state index in [4.69, 9.17) is 0 Å². The Morgan fingerprint density at radius 3 is 2.47 bits per heavy atom. The Labute approximate surface area is 131 Å². The minimum absolute atomic E-state index is 0.119. The van der Waals surface area contributed by atoms with Crippen molar-refractivity contribution in [3.8, 4) is 0 Å². The highest BCUT2D eigenvalue weighted by molar-refractivity contribution is 9.11. The lowest BCUT2D eigenvalue weighted by Crippen LogP contribution is -2.52. The zero-order valence-corrected chi connectivity index (χ0v) is 14.4. The lowest BCUT2D eigenvalue weighted by Gasteiger charge is -2.39. The molecule has 1 aliphatic rings. The van der Waals surface area contributed by atoms with Gasteiger partial charge in [0.05, 0.1) is 0 Å². The number of nitrogens with zero attached hydrogens (tertiary/aromatic N) is 2. The molecule has 5 heteroatoms. The molecule has 0 bridgehead atoms. The van der Waals surface area contributed by atoms with Crippen molar-refractivity contribution in [2.75, 3.05) is 26.7 Å². The van der Waals surface area contributed by atoms with Crippen molar-refractivity contribution >= 4 is 37.8 Å². The lowest BCUT2D eigenvalue weighted by molar-refractivity contribution is 0.0542. The Morgan fingerprint density at radius 2 is 1.89 bits per heavy atom. The maximum Gasteiger partial charge on any atom is 0.254 e.